The average molecular weight is 354 g/mol. The first-order valence-corrected chi connectivity index (χ1v) is 9.10. The largest absolute Gasteiger partial charge is 0.309 e. The van der Waals surface area contributed by atoms with Crippen molar-refractivity contribution in [2.24, 2.45) is 0 Å². The SMILES string of the molecule is Cc1ccc(C(C)NCCSc2cc(Cl)ccc2Cl)c(C)c1. The molecule has 0 fully saturated rings. The lowest BCUT2D eigenvalue weighted by atomic mass is 10.0. The summed E-state index contributed by atoms with van der Waals surface area (Å²) in [6, 6.07) is 12.5. The Labute approximate surface area is 147 Å². The van der Waals surface area contributed by atoms with E-state index in [1.54, 1.807) is 11.8 Å². The molecule has 2 aromatic carbocycles. The molecule has 0 aliphatic heterocycles. The third-order valence-corrected chi connectivity index (χ3v) is 5.33. The molecule has 2 rings (SSSR count). The van der Waals surface area contributed by atoms with E-state index in [-0.39, 0.29) is 0 Å². The Bertz CT molecular complexity index is 643. The van der Waals surface area contributed by atoms with Gasteiger partial charge < -0.3 is 5.32 Å². The van der Waals surface area contributed by atoms with Gasteiger partial charge in [0.15, 0.2) is 0 Å². The van der Waals surface area contributed by atoms with Crippen molar-refractivity contribution in [1.82, 2.24) is 5.32 Å². The Kier molecular flexibility index (Phi) is 6.64. The molecule has 0 aliphatic rings. The van der Waals surface area contributed by atoms with Crippen LogP contribution in [0.15, 0.2) is 41.3 Å². The quantitative estimate of drug-likeness (QED) is 0.500. The molecule has 4 heteroatoms. The van der Waals surface area contributed by atoms with Crippen molar-refractivity contribution >= 4 is 35.0 Å². The fourth-order valence-corrected chi connectivity index (χ4v) is 3.82. The predicted molar refractivity (Wildman–Crippen MR) is 99.5 cm³/mol. The van der Waals surface area contributed by atoms with Crippen LogP contribution >= 0.6 is 35.0 Å². The molecule has 0 heterocycles. The zero-order valence-corrected chi connectivity index (χ0v) is 15.4. The second-order valence-corrected chi connectivity index (χ2v) is 7.44. The van der Waals surface area contributed by atoms with Gasteiger partial charge >= 0.3 is 0 Å². The minimum Gasteiger partial charge on any atom is -0.309 e. The van der Waals surface area contributed by atoms with E-state index >= 15 is 0 Å². The van der Waals surface area contributed by atoms with E-state index in [0.717, 1.165) is 27.2 Å². The molecule has 0 aromatic heterocycles. The second-order valence-electron chi connectivity index (χ2n) is 5.46. The van der Waals surface area contributed by atoms with E-state index in [2.05, 4.69) is 44.3 Å². The number of hydrogen-bond donors (Lipinski definition) is 1. The smallest absolute Gasteiger partial charge is 0.0542 e. The standard InChI is InChI=1S/C18H21Cl2NS/c1-12-4-6-16(13(2)10-12)14(3)21-8-9-22-18-11-15(19)5-7-17(18)20/h4-7,10-11,14,21H,8-9H2,1-3H3. The van der Waals surface area contributed by atoms with E-state index in [1.165, 1.54) is 16.7 Å². The van der Waals surface area contributed by atoms with Crippen LogP contribution < -0.4 is 5.32 Å². The van der Waals surface area contributed by atoms with Gasteiger partial charge in [-0.3, -0.25) is 0 Å². The molecule has 1 nitrogen and oxygen atoms in total. The fraction of sp³-hybridized carbons (Fsp3) is 0.333. The number of thioether (sulfide) groups is 1. The topological polar surface area (TPSA) is 12.0 Å². The predicted octanol–water partition coefficient (Wildman–Crippen LogP) is 6.05. The molecule has 22 heavy (non-hydrogen) atoms. The van der Waals surface area contributed by atoms with Gasteiger partial charge in [0, 0.05) is 28.3 Å². The molecule has 0 bridgehead atoms. The summed E-state index contributed by atoms with van der Waals surface area (Å²) in [6.07, 6.45) is 0. The molecule has 1 atom stereocenters. The molecular weight excluding hydrogens is 333 g/mol. The summed E-state index contributed by atoms with van der Waals surface area (Å²) in [6.45, 7) is 7.41. The van der Waals surface area contributed by atoms with Crippen LogP contribution in [0, 0.1) is 13.8 Å². The highest BCUT2D eigenvalue weighted by molar-refractivity contribution is 7.99. The Balaban J connectivity index is 1.84. The summed E-state index contributed by atoms with van der Waals surface area (Å²) in [5.41, 5.74) is 4.00. The van der Waals surface area contributed by atoms with Crippen molar-refractivity contribution in [2.75, 3.05) is 12.3 Å². The Hall–Kier alpha value is -0.670. The molecule has 118 valence electrons. The maximum absolute atomic E-state index is 6.17. The minimum atomic E-state index is 0.344. The van der Waals surface area contributed by atoms with Gasteiger partial charge in [-0.1, -0.05) is 47.0 Å². The lowest BCUT2D eigenvalue weighted by Crippen LogP contribution is -2.22. The van der Waals surface area contributed by atoms with Crippen LogP contribution in [0.25, 0.3) is 0 Å². The van der Waals surface area contributed by atoms with E-state index < -0.39 is 0 Å². The molecule has 0 amide bonds. The summed E-state index contributed by atoms with van der Waals surface area (Å²) in [7, 11) is 0. The highest BCUT2D eigenvalue weighted by Gasteiger charge is 2.08. The van der Waals surface area contributed by atoms with Crippen molar-refractivity contribution in [3.63, 3.8) is 0 Å². The zero-order chi connectivity index (χ0) is 16.1. The molecule has 2 aromatic rings. The normalized spacial score (nSPS) is 12.4. The van der Waals surface area contributed by atoms with Crippen molar-refractivity contribution in [3.05, 3.63) is 63.1 Å². The number of rotatable bonds is 6. The molecule has 0 radical (unpaired) electrons. The molecule has 1 N–H and O–H groups in total. The van der Waals surface area contributed by atoms with Crippen LogP contribution in [0.3, 0.4) is 0 Å². The lowest BCUT2D eigenvalue weighted by Gasteiger charge is -2.17. The van der Waals surface area contributed by atoms with Crippen molar-refractivity contribution in [2.45, 2.75) is 31.7 Å². The van der Waals surface area contributed by atoms with Gasteiger partial charge in [-0.25, -0.2) is 0 Å². The average Bonchev–Trinajstić information content (AvgIpc) is 2.46. The molecular formula is C18H21Cl2NS. The summed E-state index contributed by atoms with van der Waals surface area (Å²) in [5.74, 6) is 0.954. The highest BCUT2D eigenvalue weighted by Crippen LogP contribution is 2.29. The van der Waals surface area contributed by atoms with Crippen LogP contribution in [0.5, 0.6) is 0 Å². The van der Waals surface area contributed by atoms with Gasteiger partial charge in [0.25, 0.3) is 0 Å². The van der Waals surface area contributed by atoms with Crippen molar-refractivity contribution in [1.29, 1.82) is 0 Å². The van der Waals surface area contributed by atoms with E-state index in [1.807, 2.05) is 18.2 Å². The third kappa shape index (κ3) is 4.92. The Morgan fingerprint density at radius 3 is 2.59 bits per heavy atom. The van der Waals surface area contributed by atoms with Gasteiger partial charge in [-0.05, 0) is 50.1 Å². The summed E-state index contributed by atoms with van der Waals surface area (Å²) < 4.78 is 0. The first kappa shape index (κ1) is 17.7. The molecule has 0 saturated carbocycles. The monoisotopic (exact) mass is 353 g/mol. The summed E-state index contributed by atoms with van der Waals surface area (Å²) >= 11 is 13.9. The summed E-state index contributed by atoms with van der Waals surface area (Å²) in [5, 5.41) is 5.05. The van der Waals surface area contributed by atoms with E-state index in [4.69, 9.17) is 23.2 Å². The van der Waals surface area contributed by atoms with Gasteiger partial charge in [-0.15, -0.1) is 11.8 Å². The molecule has 0 saturated heterocycles. The summed E-state index contributed by atoms with van der Waals surface area (Å²) in [4.78, 5) is 1.04. The van der Waals surface area contributed by atoms with Crippen molar-refractivity contribution < 1.29 is 0 Å². The molecule has 1 unspecified atom stereocenters. The van der Waals surface area contributed by atoms with Crippen molar-refractivity contribution in [3.8, 4) is 0 Å². The highest BCUT2D eigenvalue weighted by atomic mass is 35.5. The number of benzene rings is 2. The van der Waals surface area contributed by atoms with Crippen LogP contribution in [-0.2, 0) is 0 Å². The van der Waals surface area contributed by atoms with Crippen LogP contribution in [-0.4, -0.2) is 12.3 Å². The Morgan fingerprint density at radius 1 is 1.09 bits per heavy atom. The van der Waals surface area contributed by atoms with Gasteiger partial charge in [0.1, 0.15) is 0 Å². The first-order valence-electron chi connectivity index (χ1n) is 7.36. The number of halogens is 2. The fourth-order valence-electron chi connectivity index (χ4n) is 2.45. The van der Waals surface area contributed by atoms with Gasteiger partial charge in [-0.2, -0.15) is 0 Å². The first-order chi connectivity index (χ1) is 10.5. The second kappa shape index (κ2) is 8.26. The van der Waals surface area contributed by atoms with Crippen LogP contribution in [0.2, 0.25) is 10.0 Å². The zero-order valence-electron chi connectivity index (χ0n) is 13.1. The van der Waals surface area contributed by atoms with Gasteiger partial charge in [0.05, 0.1) is 5.02 Å². The van der Waals surface area contributed by atoms with E-state index in [0.29, 0.717) is 6.04 Å². The number of hydrogen-bond acceptors (Lipinski definition) is 2. The van der Waals surface area contributed by atoms with E-state index in [9.17, 15) is 0 Å². The maximum Gasteiger partial charge on any atom is 0.0542 e. The number of nitrogens with one attached hydrogen (secondary N) is 1. The number of aryl methyl sites for hydroxylation is 2. The molecule has 0 aliphatic carbocycles. The third-order valence-electron chi connectivity index (χ3n) is 3.60. The molecule has 0 spiro atoms. The lowest BCUT2D eigenvalue weighted by molar-refractivity contribution is 0.598. The maximum atomic E-state index is 6.17. The van der Waals surface area contributed by atoms with Gasteiger partial charge in [0.2, 0.25) is 0 Å². The Morgan fingerprint density at radius 2 is 1.86 bits per heavy atom. The van der Waals surface area contributed by atoms with Crippen LogP contribution in [0.1, 0.15) is 29.7 Å². The van der Waals surface area contributed by atoms with Crippen LogP contribution in [0.4, 0.5) is 0 Å². The minimum absolute atomic E-state index is 0.344.